The van der Waals surface area contributed by atoms with Crippen LogP contribution in [-0.4, -0.2) is 23.1 Å². The normalized spacial score (nSPS) is 28.8. The molecule has 8 nitrogen and oxygen atoms in total. The standard InChI is InChI=1S/2C19H24N2O2/c2*1-11-12-7-18(5,6)8-13(22)14(12)15(16(23)17(2,3)4)19(11,9-20)10-21/h2*11-12H,7-8H2,1-6H3/t2*11-,12-/m11/s1. The minimum atomic E-state index is -1.51. The van der Waals surface area contributed by atoms with Crippen molar-refractivity contribution in [3.05, 3.63) is 22.3 Å². The molecule has 4 aliphatic carbocycles. The van der Waals surface area contributed by atoms with Crippen molar-refractivity contribution in [2.75, 3.05) is 0 Å². The zero-order valence-corrected chi connectivity index (χ0v) is 29.6. The molecule has 4 atom stereocenters. The molecule has 0 N–H and O–H groups in total. The highest BCUT2D eigenvalue weighted by Gasteiger charge is 2.61. The van der Waals surface area contributed by atoms with Gasteiger partial charge in [-0.1, -0.05) is 83.1 Å². The number of carbonyl (C=O) groups excluding carboxylic acids is 4. The highest BCUT2D eigenvalue weighted by molar-refractivity contribution is 6.12. The third-order valence-corrected chi connectivity index (χ3v) is 10.6. The van der Waals surface area contributed by atoms with Gasteiger partial charge in [0, 0.05) is 46.0 Å². The van der Waals surface area contributed by atoms with Crippen molar-refractivity contribution in [1.29, 1.82) is 21.0 Å². The first-order valence-electron chi connectivity index (χ1n) is 16.1. The summed E-state index contributed by atoms with van der Waals surface area (Å²) in [4.78, 5) is 51.5. The smallest absolute Gasteiger partial charge is 0.175 e. The summed E-state index contributed by atoms with van der Waals surface area (Å²) in [5.74, 6) is -1.72. The van der Waals surface area contributed by atoms with Crippen molar-refractivity contribution in [3.8, 4) is 24.3 Å². The molecule has 0 amide bonds. The van der Waals surface area contributed by atoms with Gasteiger partial charge in [-0.25, -0.2) is 0 Å². The minimum Gasteiger partial charge on any atom is -0.295 e. The molecule has 0 saturated heterocycles. The molecule has 0 aromatic heterocycles. The monoisotopic (exact) mass is 624 g/mol. The molecule has 2 saturated carbocycles. The predicted molar refractivity (Wildman–Crippen MR) is 172 cm³/mol. The molecule has 0 aliphatic heterocycles. The van der Waals surface area contributed by atoms with Crippen LogP contribution in [0.5, 0.6) is 0 Å². The average molecular weight is 625 g/mol. The van der Waals surface area contributed by atoms with Crippen molar-refractivity contribution in [3.63, 3.8) is 0 Å². The molecule has 4 aliphatic rings. The van der Waals surface area contributed by atoms with Crippen LogP contribution in [0.3, 0.4) is 0 Å². The van der Waals surface area contributed by atoms with Gasteiger partial charge in [0.2, 0.25) is 0 Å². The predicted octanol–water partition coefficient (Wildman–Crippen LogP) is 7.17. The van der Waals surface area contributed by atoms with Gasteiger partial charge in [-0.3, -0.25) is 19.2 Å². The topological polar surface area (TPSA) is 163 Å². The number of hydrogen-bond donors (Lipinski definition) is 0. The summed E-state index contributed by atoms with van der Waals surface area (Å²) in [5, 5.41) is 39.1. The molecule has 8 heteroatoms. The maximum Gasteiger partial charge on any atom is 0.175 e. The van der Waals surface area contributed by atoms with Crippen LogP contribution in [0, 0.1) is 101 Å². The summed E-state index contributed by atoms with van der Waals surface area (Å²) >= 11 is 0. The van der Waals surface area contributed by atoms with E-state index < -0.39 is 21.7 Å². The Labute approximate surface area is 274 Å². The number of allylic oxidation sites excluding steroid dienone is 4. The lowest BCUT2D eigenvalue weighted by molar-refractivity contribution is -0.124. The highest BCUT2D eigenvalue weighted by atomic mass is 16.1. The molecule has 0 bridgehead atoms. The fourth-order valence-corrected chi connectivity index (χ4v) is 8.03. The summed E-state index contributed by atoms with van der Waals surface area (Å²) in [5.41, 5.74) is -3.57. The Morgan fingerprint density at radius 1 is 0.609 bits per heavy atom. The van der Waals surface area contributed by atoms with Gasteiger partial charge in [0.05, 0.1) is 24.3 Å². The van der Waals surface area contributed by atoms with E-state index in [4.69, 9.17) is 0 Å². The van der Waals surface area contributed by atoms with Crippen molar-refractivity contribution in [1.82, 2.24) is 0 Å². The van der Waals surface area contributed by atoms with E-state index in [9.17, 15) is 40.2 Å². The van der Waals surface area contributed by atoms with Gasteiger partial charge in [0.15, 0.2) is 34.0 Å². The maximum atomic E-state index is 13.0. The second-order valence-corrected chi connectivity index (χ2v) is 17.5. The zero-order chi connectivity index (χ0) is 35.6. The Kier molecular flexibility index (Phi) is 9.09. The van der Waals surface area contributed by atoms with E-state index in [1.54, 1.807) is 41.5 Å². The van der Waals surface area contributed by atoms with Crippen LogP contribution < -0.4 is 0 Å². The molecular weight excluding hydrogens is 576 g/mol. The van der Waals surface area contributed by atoms with E-state index in [-0.39, 0.29) is 68.8 Å². The van der Waals surface area contributed by atoms with E-state index in [2.05, 4.69) is 24.3 Å². The van der Waals surface area contributed by atoms with Crippen molar-refractivity contribution in [2.45, 2.75) is 109 Å². The second-order valence-electron chi connectivity index (χ2n) is 17.5. The van der Waals surface area contributed by atoms with Crippen LogP contribution >= 0.6 is 0 Å². The Hall–Kier alpha value is -3.88. The lowest BCUT2D eigenvalue weighted by Crippen LogP contribution is -2.34. The Balaban J connectivity index is 0.000000250. The van der Waals surface area contributed by atoms with Gasteiger partial charge < -0.3 is 0 Å². The Morgan fingerprint density at radius 2 is 0.870 bits per heavy atom. The van der Waals surface area contributed by atoms with Crippen LogP contribution in [0.15, 0.2) is 22.3 Å². The molecule has 0 spiro atoms. The number of ketones is 4. The van der Waals surface area contributed by atoms with Gasteiger partial charge in [0.25, 0.3) is 0 Å². The van der Waals surface area contributed by atoms with Crippen LogP contribution in [-0.2, 0) is 19.2 Å². The van der Waals surface area contributed by atoms with E-state index in [0.29, 0.717) is 24.0 Å². The average Bonchev–Trinajstić information content (AvgIpc) is 3.31. The van der Waals surface area contributed by atoms with Crippen LogP contribution in [0.4, 0.5) is 0 Å². The van der Waals surface area contributed by atoms with Crippen molar-refractivity contribution < 1.29 is 19.2 Å². The molecular formula is C38H48N4O4. The third kappa shape index (κ3) is 5.66. The molecule has 0 radical (unpaired) electrons. The fraction of sp³-hybridized carbons (Fsp3) is 0.684. The molecule has 0 aromatic carbocycles. The molecule has 4 rings (SSSR count). The Morgan fingerprint density at radius 3 is 1.09 bits per heavy atom. The largest absolute Gasteiger partial charge is 0.295 e. The summed E-state index contributed by atoms with van der Waals surface area (Å²) in [6, 6.07) is 8.37. The first kappa shape index (κ1) is 36.6. The SMILES string of the molecule is C[C@@H]1[C@H]2CC(C)(C)CC(=O)C2=C(C(=O)C(C)(C)C)C1(C#N)C#N.C[C@@H]1[C@H]2CC(C)(C)CC(=O)C2=C(C(=O)C(C)(C)C)C1(C#N)C#N. The van der Waals surface area contributed by atoms with Crippen LogP contribution in [0.2, 0.25) is 0 Å². The molecule has 46 heavy (non-hydrogen) atoms. The number of carbonyl (C=O) groups is 4. The quantitative estimate of drug-likeness (QED) is 0.312. The fourth-order valence-electron chi connectivity index (χ4n) is 8.03. The highest BCUT2D eigenvalue weighted by Crippen LogP contribution is 2.59. The summed E-state index contributed by atoms with van der Waals surface area (Å²) < 4.78 is 0. The van der Waals surface area contributed by atoms with Crippen LogP contribution in [0.25, 0.3) is 0 Å². The number of nitriles is 4. The lowest BCUT2D eigenvalue weighted by Gasteiger charge is -2.36. The summed E-state index contributed by atoms with van der Waals surface area (Å²) in [6.07, 6.45) is 2.17. The van der Waals surface area contributed by atoms with Gasteiger partial charge in [-0.2, -0.15) is 21.0 Å². The molecule has 0 aromatic rings. The van der Waals surface area contributed by atoms with Crippen molar-refractivity contribution in [2.24, 2.45) is 56.2 Å². The first-order valence-corrected chi connectivity index (χ1v) is 16.1. The molecule has 2 fully saturated rings. The first-order chi connectivity index (χ1) is 20.8. The Bertz CT molecular complexity index is 1480. The lowest BCUT2D eigenvalue weighted by atomic mass is 9.66. The van der Waals surface area contributed by atoms with E-state index in [1.807, 2.05) is 41.5 Å². The third-order valence-electron chi connectivity index (χ3n) is 10.6. The number of hydrogen-bond acceptors (Lipinski definition) is 8. The van der Waals surface area contributed by atoms with E-state index >= 15 is 0 Å². The molecule has 0 heterocycles. The van der Waals surface area contributed by atoms with Crippen LogP contribution in [0.1, 0.15) is 109 Å². The van der Waals surface area contributed by atoms with Gasteiger partial charge >= 0.3 is 0 Å². The number of rotatable bonds is 2. The van der Waals surface area contributed by atoms with E-state index in [1.165, 1.54) is 0 Å². The number of Topliss-reactive ketones (excluding diaryl/α,β-unsaturated/α-hetero) is 4. The van der Waals surface area contributed by atoms with Crippen molar-refractivity contribution >= 4 is 23.1 Å². The van der Waals surface area contributed by atoms with Gasteiger partial charge in [-0.05, 0) is 47.3 Å². The summed E-state index contributed by atoms with van der Waals surface area (Å²) in [6.45, 7) is 22.3. The number of nitrogens with zero attached hydrogens (tertiary/aromatic N) is 4. The second kappa shape index (κ2) is 11.4. The zero-order valence-electron chi connectivity index (χ0n) is 29.6. The minimum absolute atomic E-state index is 0.0712. The molecule has 244 valence electrons. The van der Waals surface area contributed by atoms with Gasteiger partial charge in [0.1, 0.15) is 0 Å². The van der Waals surface area contributed by atoms with E-state index in [0.717, 1.165) is 12.8 Å². The maximum absolute atomic E-state index is 13.0. The molecule has 0 unspecified atom stereocenters. The number of fused-ring (bicyclic) bond motifs is 2. The van der Waals surface area contributed by atoms with Gasteiger partial charge in [-0.15, -0.1) is 0 Å². The summed E-state index contributed by atoms with van der Waals surface area (Å²) in [7, 11) is 0.